The smallest absolute Gasteiger partial charge is 0.389 e. The predicted molar refractivity (Wildman–Crippen MR) is 76.3 cm³/mol. The number of rotatable bonds is 7. The molecule has 0 aliphatic carbocycles. The number of hydrogen-bond donors (Lipinski definition) is 1. The van der Waals surface area contributed by atoms with Crippen molar-refractivity contribution in [3.8, 4) is 11.5 Å². The minimum Gasteiger partial charge on any atom is -0.495 e. The highest BCUT2D eigenvalue weighted by molar-refractivity contribution is 6.33. The molecule has 0 amide bonds. The lowest BCUT2D eigenvalue weighted by Crippen LogP contribution is -2.23. The number of ether oxygens (including phenoxy) is 2. The van der Waals surface area contributed by atoms with Gasteiger partial charge in [0.25, 0.3) is 0 Å². The zero-order valence-electron chi connectivity index (χ0n) is 12.2. The molecular weight excluding hydrogens is 307 g/mol. The number of nitrogens with one attached hydrogen (secondary N) is 1. The van der Waals surface area contributed by atoms with Crippen LogP contribution in [-0.4, -0.2) is 26.9 Å². The third-order valence-electron chi connectivity index (χ3n) is 3.06. The lowest BCUT2D eigenvalue weighted by Gasteiger charge is -2.22. The third kappa shape index (κ3) is 4.97. The van der Waals surface area contributed by atoms with Crippen LogP contribution in [0.4, 0.5) is 13.2 Å². The van der Waals surface area contributed by atoms with Crippen LogP contribution in [-0.2, 0) is 0 Å². The van der Waals surface area contributed by atoms with Crippen molar-refractivity contribution in [2.24, 2.45) is 0 Å². The Morgan fingerprint density at radius 1 is 1.24 bits per heavy atom. The standard InChI is InChI=1S/C14H19ClF3NO2/c1-4-19-10(7-8-14(16,17)18)9-5-6-11(20-2)12(15)13(9)21-3/h5-6,10,19H,4,7-8H2,1-3H3. The van der Waals surface area contributed by atoms with Crippen LogP contribution in [0.15, 0.2) is 12.1 Å². The zero-order valence-corrected chi connectivity index (χ0v) is 12.9. The van der Waals surface area contributed by atoms with Gasteiger partial charge in [-0.1, -0.05) is 18.5 Å². The van der Waals surface area contributed by atoms with Gasteiger partial charge in [-0.15, -0.1) is 0 Å². The van der Waals surface area contributed by atoms with E-state index in [0.717, 1.165) is 0 Å². The monoisotopic (exact) mass is 325 g/mol. The van der Waals surface area contributed by atoms with Crippen molar-refractivity contribution in [3.05, 3.63) is 22.7 Å². The fourth-order valence-corrected chi connectivity index (χ4v) is 2.44. The van der Waals surface area contributed by atoms with Gasteiger partial charge >= 0.3 is 6.18 Å². The van der Waals surface area contributed by atoms with E-state index in [2.05, 4.69) is 5.32 Å². The largest absolute Gasteiger partial charge is 0.495 e. The molecule has 0 saturated carbocycles. The van der Waals surface area contributed by atoms with Gasteiger partial charge in [-0.3, -0.25) is 0 Å². The Morgan fingerprint density at radius 3 is 2.38 bits per heavy atom. The highest BCUT2D eigenvalue weighted by Crippen LogP contribution is 2.41. The fourth-order valence-electron chi connectivity index (χ4n) is 2.11. The molecule has 1 aromatic rings. The first-order valence-corrected chi connectivity index (χ1v) is 6.92. The molecule has 0 spiro atoms. The van der Waals surface area contributed by atoms with Crippen LogP contribution in [0.2, 0.25) is 5.02 Å². The minimum absolute atomic E-state index is 0.0869. The second kappa shape index (κ2) is 7.75. The Morgan fingerprint density at radius 2 is 1.90 bits per heavy atom. The molecule has 0 saturated heterocycles. The first-order valence-electron chi connectivity index (χ1n) is 6.54. The van der Waals surface area contributed by atoms with E-state index in [1.54, 1.807) is 12.1 Å². The summed E-state index contributed by atoms with van der Waals surface area (Å²) in [6.07, 6.45) is -5.16. The summed E-state index contributed by atoms with van der Waals surface area (Å²) in [5.41, 5.74) is 0.592. The summed E-state index contributed by atoms with van der Waals surface area (Å²) < 4.78 is 47.7. The van der Waals surface area contributed by atoms with Crippen molar-refractivity contribution in [1.82, 2.24) is 5.32 Å². The second-order valence-electron chi connectivity index (χ2n) is 4.47. The molecule has 7 heteroatoms. The third-order valence-corrected chi connectivity index (χ3v) is 3.42. The van der Waals surface area contributed by atoms with Gasteiger partial charge in [-0.25, -0.2) is 0 Å². The quantitative estimate of drug-likeness (QED) is 0.808. The van der Waals surface area contributed by atoms with Gasteiger partial charge in [-0.05, 0) is 25.1 Å². The SMILES string of the molecule is CCNC(CCC(F)(F)F)c1ccc(OC)c(Cl)c1OC. The highest BCUT2D eigenvalue weighted by atomic mass is 35.5. The fraction of sp³-hybridized carbons (Fsp3) is 0.571. The van der Waals surface area contributed by atoms with Crippen molar-refractivity contribution >= 4 is 11.6 Å². The van der Waals surface area contributed by atoms with Crippen LogP contribution in [0.5, 0.6) is 11.5 Å². The van der Waals surface area contributed by atoms with E-state index >= 15 is 0 Å². The maximum Gasteiger partial charge on any atom is 0.389 e. The predicted octanol–water partition coefficient (Wildman–Crippen LogP) is 4.35. The molecule has 21 heavy (non-hydrogen) atoms. The van der Waals surface area contributed by atoms with Crippen LogP contribution in [0.25, 0.3) is 0 Å². The van der Waals surface area contributed by atoms with Crippen LogP contribution in [0.3, 0.4) is 0 Å². The molecule has 0 fully saturated rings. The van der Waals surface area contributed by atoms with E-state index in [9.17, 15) is 13.2 Å². The highest BCUT2D eigenvalue weighted by Gasteiger charge is 2.30. The minimum atomic E-state index is -4.20. The number of halogens is 4. The topological polar surface area (TPSA) is 30.5 Å². The molecule has 1 rings (SSSR count). The van der Waals surface area contributed by atoms with Crippen LogP contribution < -0.4 is 14.8 Å². The van der Waals surface area contributed by atoms with E-state index in [-0.39, 0.29) is 11.4 Å². The number of methoxy groups -OCH3 is 2. The summed E-state index contributed by atoms with van der Waals surface area (Å²) in [4.78, 5) is 0. The van der Waals surface area contributed by atoms with Gasteiger partial charge in [0, 0.05) is 18.0 Å². The summed E-state index contributed by atoms with van der Waals surface area (Å²) in [5, 5.41) is 3.29. The van der Waals surface area contributed by atoms with E-state index in [1.165, 1.54) is 14.2 Å². The van der Waals surface area contributed by atoms with Gasteiger partial charge in [0.2, 0.25) is 0 Å². The van der Waals surface area contributed by atoms with Crippen LogP contribution >= 0.6 is 11.6 Å². The van der Waals surface area contributed by atoms with Crippen molar-refractivity contribution in [2.45, 2.75) is 32.0 Å². The van der Waals surface area contributed by atoms with E-state index in [0.29, 0.717) is 23.6 Å². The maximum absolute atomic E-state index is 12.4. The van der Waals surface area contributed by atoms with Crippen LogP contribution in [0.1, 0.15) is 31.4 Å². The van der Waals surface area contributed by atoms with Gasteiger partial charge in [0.1, 0.15) is 16.5 Å². The molecule has 1 unspecified atom stereocenters. The Labute approximate surface area is 127 Å². The molecule has 0 aromatic heterocycles. The molecule has 1 aromatic carbocycles. The van der Waals surface area contributed by atoms with Crippen molar-refractivity contribution < 1.29 is 22.6 Å². The molecule has 0 heterocycles. The summed E-state index contributed by atoms with van der Waals surface area (Å²) in [5.74, 6) is 0.757. The second-order valence-corrected chi connectivity index (χ2v) is 4.85. The zero-order chi connectivity index (χ0) is 16.0. The molecular formula is C14H19ClF3NO2. The molecule has 0 bridgehead atoms. The summed E-state index contributed by atoms with van der Waals surface area (Å²) >= 11 is 6.15. The number of hydrogen-bond acceptors (Lipinski definition) is 3. The normalized spacial score (nSPS) is 13.1. The molecule has 120 valence electrons. The molecule has 0 aliphatic heterocycles. The van der Waals surface area contributed by atoms with Crippen LogP contribution in [0, 0.1) is 0 Å². The summed E-state index contributed by atoms with van der Waals surface area (Å²) in [6, 6.07) is 2.81. The average Bonchev–Trinajstić information content (AvgIpc) is 2.42. The van der Waals surface area contributed by atoms with E-state index in [1.807, 2.05) is 6.92 Å². The number of alkyl halides is 3. The number of benzene rings is 1. The van der Waals surface area contributed by atoms with Gasteiger partial charge in [-0.2, -0.15) is 13.2 Å². The Bertz CT molecular complexity index is 466. The van der Waals surface area contributed by atoms with Crippen molar-refractivity contribution in [1.29, 1.82) is 0 Å². The van der Waals surface area contributed by atoms with Gasteiger partial charge in [0.05, 0.1) is 14.2 Å². The summed E-state index contributed by atoms with van der Waals surface area (Å²) in [6.45, 7) is 2.37. The summed E-state index contributed by atoms with van der Waals surface area (Å²) in [7, 11) is 2.89. The Balaban J connectivity index is 3.10. The van der Waals surface area contributed by atoms with Crippen molar-refractivity contribution in [3.63, 3.8) is 0 Å². The lowest BCUT2D eigenvalue weighted by molar-refractivity contribution is -0.136. The van der Waals surface area contributed by atoms with E-state index < -0.39 is 18.6 Å². The Kier molecular flexibility index (Phi) is 6.61. The van der Waals surface area contributed by atoms with Gasteiger partial charge in [0.15, 0.2) is 0 Å². The lowest BCUT2D eigenvalue weighted by atomic mass is 10.00. The average molecular weight is 326 g/mol. The van der Waals surface area contributed by atoms with E-state index in [4.69, 9.17) is 21.1 Å². The molecule has 0 radical (unpaired) electrons. The van der Waals surface area contributed by atoms with Gasteiger partial charge < -0.3 is 14.8 Å². The first kappa shape index (κ1) is 17.9. The molecule has 1 N–H and O–H groups in total. The maximum atomic E-state index is 12.4. The van der Waals surface area contributed by atoms with Crippen molar-refractivity contribution in [2.75, 3.05) is 20.8 Å². The first-order chi connectivity index (χ1) is 9.84. The molecule has 3 nitrogen and oxygen atoms in total. The molecule has 0 aliphatic rings. The molecule has 1 atom stereocenters. The Hall–Kier alpha value is -1.14.